The Bertz CT molecular complexity index is 1390. The molecule has 6 rings (SSSR count). The highest BCUT2D eigenvalue weighted by Gasteiger charge is 2.25. The van der Waals surface area contributed by atoms with Crippen LogP contribution < -0.4 is 10.6 Å². The molecule has 0 bridgehead atoms. The molecule has 9 nitrogen and oxygen atoms in total. The summed E-state index contributed by atoms with van der Waals surface area (Å²) >= 11 is 1.33. The van der Waals surface area contributed by atoms with Gasteiger partial charge in [-0.3, -0.25) is 9.59 Å². The number of amides is 2. The highest BCUT2D eigenvalue weighted by Crippen LogP contribution is 2.27. The van der Waals surface area contributed by atoms with Crippen LogP contribution in [0, 0.1) is 0 Å². The van der Waals surface area contributed by atoms with Gasteiger partial charge in [-0.2, -0.15) is 15.4 Å². The van der Waals surface area contributed by atoms with Crippen LogP contribution in [0.25, 0.3) is 0 Å². The number of nitrogens with zero attached hydrogens (tertiary/aromatic N) is 4. The fraction of sp³-hybridized carbons (Fsp3) is 0.240. The molecule has 176 valence electrons. The summed E-state index contributed by atoms with van der Waals surface area (Å²) in [5.74, 6) is -0.350. The van der Waals surface area contributed by atoms with E-state index >= 15 is 0 Å². The Morgan fingerprint density at radius 3 is 2.66 bits per heavy atom. The van der Waals surface area contributed by atoms with Gasteiger partial charge in [0.2, 0.25) is 0 Å². The Labute approximate surface area is 205 Å². The zero-order valence-electron chi connectivity index (χ0n) is 18.8. The van der Waals surface area contributed by atoms with Crippen LogP contribution in [0.2, 0.25) is 0 Å². The van der Waals surface area contributed by atoms with E-state index in [0.29, 0.717) is 35.6 Å². The lowest BCUT2D eigenvalue weighted by Gasteiger charge is -2.25. The number of carbonyl (C=O) groups is 2. The number of rotatable bonds is 5. The number of aromatic nitrogens is 4. The molecule has 0 unspecified atom stereocenters. The van der Waals surface area contributed by atoms with Crippen molar-refractivity contribution in [3.05, 3.63) is 87.7 Å². The molecular formula is C25H23N7O2S. The fourth-order valence-electron chi connectivity index (χ4n) is 4.66. The molecule has 0 saturated heterocycles. The second-order valence-corrected chi connectivity index (χ2v) is 9.81. The highest BCUT2D eigenvalue weighted by molar-refractivity contribution is 7.17. The zero-order valence-corrected chi connectivity index (χ0v) is 19.6. The van der Waals surface area contributed by atoms with Crippen LogP contribution in [-0.2, 0) is 25.8 Å². The smallest absolute Gasteiger partial charge is 0.267 e. The third kappa shape index (κ3) is 4.40. The Balaban J connectivity index is 1.09. The number of anilines is 2. The summed E-state index contributed by atoms with van der Waals surface area (Å²) in [6.07, 6.45) is 4.16. The van der Waals surface area contributed by atoms with Crippen LogP contribution in [0.3, 0.4) is 0 Å². The van der Waals surface area contributed by atoms with E-state index in [1.807, 2.05) is 0 Å². The topological polar surface area (TPSA) is 116 Å². The molecule has 4 aromatic rings. The van der Waals surface area contributed by atoms with E-state index < -0.39 is 0 Å². The first-order chi connectivity index (χ1) is 17.1. The van der Waals surface area contributed by atoms with Crippen molar-refractivity contribution in [2.24, 2.45) is 0 Å². The number of nitrogens with one attached hydrogen (secondary N) is 3. The summed E-state index contributed by atoms with van der Waals surface area (Å²) in [7, 11) is 0. The van der Waals surface area contributed by atoms with E-state index in [4.69, 9.17) is 0 Å². The maximum atomic E-state index is 13.0. The molecule has 1 aliphatic heterocycles. The Morgan fingerprint density at radius 1 is 1.03 bits per heavy atom. The molecule has 0 radical (unpaired) electrons. The summed E-state index contributed by atoms with van der Waals surface area (Å²) in [6, 6.07) is 15.7. The monoisotopic (exact) mass is 485 g/mol. The van der Waals surface area contributed by atoms with Crippen LogP contribution in [0.15, 0.2) is 54.7 Å². The number of hydrogen-bond donors (Lipinski definition) is 3. The van der Waals surface area contributed by atoms with E-state index in [1.54, 1.807) is 35.4 Å². The molecule has 3 heterocycles. The molecule has 0 saturated carbocycles. The van der Waals surface area contributed by atoms with Crippen molar-refractivity contribution < 1.29 is 9.59 Å². The van der Waals surface area contributed by atoms with Gasteiger partial charge in [-0.25, -0.2) is 4.98 Å². The van der Waals surface area contributed by atoms with Crippen molar-refractivity contribution in [2.75, 3.05) is 17.2 Å². The second-order valence-electron chi connectivity index (χ2n) is 8.78. The minimum absolute atomic E-state index is 0.100. The van der Waals surface area contributed by atoms with Gasteiger partial charge in [-0.1, -0.05) is 41.7 Å². The van der Waals surface area contributed by atoms with Crippen LogP contribution >= 0.6 is 11.3 Å². The van der Waals surface area contributed by atoms with Crippen LogP contribution in [0.1, 0.15) is 42.5 Å². The highest BCUT2D eigenvalue weighted by atomic mass is 32.1. The van der Waals surface area contributed by atoms with Gasteiger partial charge in [0.1, 0.15) is 10.6 Å². The van der Waals surface area contributed by atoms with E-state index in [-0.39, 0.29) is 17.9 Å². The molecule has 2 aliphatic rings. The SMILES string of the molecule is O=C(Nc1cccc(C(=O)N2CCc3n[nH]nc3C2)c1)c1cnc(NC2Cc3ccccc3C2)s1. The molecule has 2 aromatic carbocycles. The maximum absolute atomic E-state index is 13.0. The van der Waals surface area contributed by atoms with Crippen molar-refractivity contribution >= 4 is 34.0 Å². The number of H-pyrrole nitrogens is 1. The largest absolute Gasteiger partial charge is 0.358 e. The standard InChI is InChI=1S/C25H23N7O2S/c33-23(22-13-26-25(35-22)28-19-10-15-4-1-2-5-16(15)11-19)27-18-7-3-6-17(12-18)24(34)32-9-8-20-21(14-32)30-31-29-20/h1-7,12-13,19H,8-11,14H2,(H,26,28)(H,27,33)(H,29,30,31). The average Bonchev–Trinajstić information content (AvgIpc) is 3.62. The summed E-state index contributed by atoms with van der Waals surface area (Å²) in [5.41, 5.74) is 5.51. The van der Waals surface area contributed by atoms with Crippen molar-refractivity contribution in [3.8, 4) is 0 Å². The van der Waals surface area contributed by atoms with E-state index in [9.17, 15) is 9.59 Å². The summed E-state index contributed by atoms with van der Waals surface area (Å²) in [4.78, 5) is 32.5. The summed E-state index contributed by atoms with van der Waals surface area (Å²) in [5, 5.41) is 17.9. The third-order valence-corrected chi connectivity index (χ3v) is 7.35. The molecule has 2 aromatic heterocycles. The van der Waals surface area contributed by atoms with E-state index in [0.717, 1.165) is 29.4 Å². The van der Waals surface area contributed by atoms with Gasteiger partial charge in [0, 0.05) is 30.3 Å². The van der Waals surface area contributed by atoms with Gasteiger partial charge in [-0.15, -0.1) is 0 Å². The first kappa shape index (κ1) is 21.5. The molecule has 35 heavy (non-hydrogen) atoms. The van der Waals surface area contributed by atoms with Crippen LogP contribution in [0.4, 0.5) is 10.8 Å². The minimum Gasteiger partial charge on any atom is -0.358 e. The van der Waals surface area contributed by atoms with Crippen molar-refractivity contribution in [1.29, 1.82) is 0 Å². The van der Waals surface area contributed by atoms with Gasteiger partial charge < -0.3 is 15.5 Å². The second kappa shape index (κ2) is 8.95. The zero-order chi connectivity index (χ0) is 23.8. The lowest BCUT2D eigenvalue weighted by molar-refractivity contribution is 0.0731. The Hall–Kier alpha value is -4.05. The summed E-state index contributed by atoms with van der Waals surface area (Å²) in [6.45, 7) is 1.00. The number of benzene rings is 2. The average molecular weight is 486 g/mol. The quantitative estimate of drug-likeness (QED) is 0.400. The molecule has 0 spiro atoms. The van der Waals surface area contributed by atoms with Crippen LogP contribution in [0.5, 0.6) is 0 Å². The molecule has 0 atom stereocenters. The minimum atomic E-state index is -0.250. The van der Waals surface area contributed by atoms with Gasteiger partial charge in [-0.05, 0) is 42.2 Å². The fourth-order valence-corrected chi connectivity index (χ4v) is 5.45. The predicted octanol–water partition coefficient (Wildman–Crippen LogP) is 3.29. The van der Waals surface area contributed by atoms with Crippen molar-refractivity contribution in [3.63, 3.8) is 0 Å². The number of carbonyl (C=O) groups excluding carboxylic acids is 2. The number of thiazole rings is 1. The van der Waals surface area contributed by atoms with Gasteiger partial charge in [0.15, 0.2) is 5.13 Å². The Morgan fingerprint density at radius 2 is 1.83 bits per heavy atom. The predicted molar refractivity (Wildman–Crippen MR) is 133 cm³/mol. The molecule has 1 aliphatic carbocycles. The Kier molecular flexibility index (Phi) is 5.49. The van der Waals surface area contributed by atoms with E-state index in [2.05, 4.69) is 55.3 Å². The van der Waals surface area contributed by atoms with Gasteiger partial charge in [0.05, 0.1) is 18.4 Å². The normalized spacial score (nSPS) is 14.9. The van der Waals surface area contributed by atoms with E-state index in [1.165, 1.54) is 22.5 Å². The number of aromatic amines is 1. The lowest BCUT2D eigenvalue weighted by atomic mass is 10.1. The maximum Gasteiger partial charge on any atom is 0.267 e. The lowest BCUT2D eigenvalue weighted by Crippen LogP contribution is -2.36. The third-order valence-electron chi connectivity index (χ3n) is 6.42. The first-order valence-electron chi connectivity index (χ1n) is 11.5. The summed E-state index contributed by atoms with van der Waals surface area (Å²) < 4.78 is 0. The van der Waals surface area contributed by atoms with Crippen molar-refractivity contribution in [1.82, 2.24) is 25.3 Å². The van der Waals surface area contributed by atoms with Crippen LogP contribution in [-0.4, -0.2) is 49.7 Å². The molecular weight excluding hydrogens is 462 g/mol. The number of fused-ring (bicyclic) bond motifs is 2. The van der Waals surface area contributed by atoms with Gasteiger partial charge in [0.25, 0.3) is 11.8 Å². The molecule has 2 amide bonds. The van der Waals surface area contributed by atoms with Crippen molar-refractivity contribution in [2.45, 2.75) is 31.8 Å². The molecule has 0 fully saturated rings. The first-order valence-corrected chi connectivity index (χ1v) is 12.3. The molecule has 3 N–H and O–H groups in total. The molecule has 10 heteroatoms. The number of hydrogen-bond acceptors (Lipinski definition) is 7. The van der Waals surface area contributed by atoms with Gasteiger partial charge >= 0.3 is 0 Å².